The van der Waals surface area contributed by atoms with Crippen LogP contribution in [0.1, 0.15) is 5.56 Å². The average Bonchev–Trinajstić information content (AvgIpc) is 2.45. The van der Waals surface area contributed by atoms with Crippen LogP contribution >= 0.6 is 23.4 Å². The zero-order chi connectivity index (χ0) is 14.5. The van der Waals surface area contributed by atoms with E-state index < -0.39 is 4.92 Å². The molecule has 8 heteroatoms. The molecule has 0 saturated heterocycles. The number of non-ortho nitro benzene ring substituents is 1. The van der Waals surface area contributed by atoms with Gasteiger partial charge in [0, 0.05) is 24.7 Å². The first kappa shape index (κ1) is 14.5. The summed E-state index contributed by atoms with van der Waals surface area (Å²) in [5.74, 6) is 0.618. The summed E-state index contributed by atoms with van der Waals surface area (Å²) in [6.45, 7) is 0.499. The van der Waals surface area contributed by atoms with Crippen molar-refractivity contribution in [2.24, 2.45) is 0 Å². The molecule has 1 aromatic heterocycles. The van der Waals surface area contributed by atoms with Gasteiger partial charge in [-0.3, -0.25) is 10.1 Å². The largest absolute Gasteiger partial charge is 0.366 e. The van der Waals surface area contributed by atoms with Crippen molar-refractivity contribution < 1.29 is 4.92 Å². The number of hydrogen-bond donors (Lipinski definition) is 1. The molecule has 2 aromatic rings. The third-order valence-corrected chi connectivity index (χ3v) is 3.22. The molecule has 0 spiro atoms. The van der Waals surface area contributed by atoms with Crippen LogP contribution in [0.3, 0.4) is 0 Å². The SMILES string of the molecule is CSc1nc(Cl)cc(NCc2ccc([N+](=O)[O-])cc2)n1. The van der Waals surface area contributed by atoms with Crippen molar-refractivity contribution in [1.82, 2.24) is 9.97 Å². The molecule has 1 heterocycles. The summed E-state index contributed by atoms with van der Waals surface area (Å²) < 4.78 is 0. The Bertz CT molecular complexity index is 621. The van der Waals surface area contributed by atoms with Crippen molar-refractivity contribution in [3.05, 3.63) is 51.2 Å². The van der Waals surface area contributed by atoms with E-state index in [-0.39, 0.29) is 5.69 Å². The molecule has 2 rings (SSSR count). The highest BCUT2D eigenvalue weighted by Gasteiger charge is 2.05. The van der Waals surface area contributed by atoms with E-state index in [0.717, 1.165) is 5.56 Å². The maximum atomic E-state index is 10.6. The van der Waals surface area contributed by atoms with Gasteiger partial charge in [-0.15, -0.1) is 0 Å². The van der Waals surface area contributed by atoms with Gasteiger partial charge in [0.1, 0.15) is 11.0 Å². The number of hydrogen-bond acceptors (Lipinski definition) is 6. The third kappa shape index (κ3) is 3.82. The lowest BCUT2D eigenvalue weighted by Gasteiger charge is -2.07. The van der Waals surface area contributed by atoms with E-state index in [9.17, 15) is 10.1 Å². The molecule has 20 heavy (non-hydrogen) atoms. The Hall–Kier alpha value is -1.86. The standard InChI is InChI=1S/C12H11ClN4O2S/c1-20-12-15-10(13)6-11(16-12)14-7-8-2-4-9(5-3-8)17(18)19/h2-6H,7H2,1H3,(H,14,15,16). The molecule has 104 valence electrons. The minimum absolute atomic E-state index is 0.0727. The molecular weight excluding hydrogens is 300 g/mol. The number of nitro groups is 1. The molecule has 0 radical (unpaired) electrons. The van der Waals surface area contributed by atoms with E-state index in [1.165, 1.54) is 23.9 Å². The van der Waals surface area contributed by atoms with E-state index in [0.29, 0.717) is 22.7 Å². The summed E-state index contributed by atoms with van der Waals surface area (Å²) in [5, 5.41) is 14.6. The van der Waals surface area contributed by atoms with Crippen LogP contribution in [-0.2, 0) is 6.54 Å². The topological polar surface area (TPSA) is 81.0 Å². The highest BCUT2D eigenvalue weighted by atomic mass is 35.5. The number of nitrogens with one attached hydrogen (secondary N) is 1. The summed E-state index contributed by atoms with van der Waals surface area (Å²) in [4.78, 5) is 18.4. The van der Waals surface area contributed by atoms with E-state index in [1.807, 2.05) is 6.26 Å². The monoisotopic (exact) mass is 310 g/mol. The van der Waals surface area contributed by atoms with Crippen molar-refractivity contribution >= 4 is 34.9 Å². The van der Waals surface area contributed by atoms with Gasteiger partial charge in [-0.1, -0.05) is 35.5 Å². The average molecular weight is 311 g/mol. The number of nitro benzene ring substituents is 1. The van der Waals surface area contributed by atoms with Gasteiger partial charge < -0.3 is 5.32 Å². The van der Waals surface area contributed by atoms with Gasteiger partial charge in [0.2, 0.25) is 0 Å². The first-order chi connectivity index (χ1) is 9.58. The lowest BCUT2D eigenvalue weighted by molar-refractivity contribution is -0.384. The molecule has 0 aliphatic heterocycles. The molecular formula is C12H11ClN4O2S. The number of halogens is 1. The fourth-order valence-corrected chi connectivity index (χ4v) is 2.12. The fraction of sp³-hybridized carbons (Fsp3) is 0.167. The normalized spacial score (nSPS) is 10.3. The zero-order valence-electron chi connectivity index (χ0n) is 10.5. The first-order valence-electron chi connectivity index (χ1n) is 5.64. The zero-order valence-corrected chi connectivity index (χ0v) is 12.1. The van der Waals surface area contributed by atoms with Crippen LogP contribution in [0.25, 0.3) is 0 Å². The van der Waals surface area contributed by atoms with Crippen molar-refractivity contribution in [2.45, 2.75) is 11.7 Å². The highest BCUT2D eigenvalue weighted by Crippen LogP contribution is 2.18. The van der Waals surface area contributed by atoms with Crippen LogP contribution in [0.4, 0.5) is 11.5 Å². The second-order valence-corrected chi connectivity index (χ2v) is 5.00. The smallest absolute Gasteiger partial charge is 0.269 e. The van der Waals surface area contributed by atoms with Crippen LogP contribution in [0.2, 0.25) is 5.15 Å². The Balaban J connectivity index is 2.04. The Morgan fingerprint density at radius 2 is 2.05 bits per heavy atom. The number of aromatic nitrogens is 2. The van der Waals surface area contributed by atoms with Crippen molar-refractivity contribution in [3.63, 3.8) is 0 Å². The predicted molar refractivity (Wildman–Crippen MR) is 79.2 cm³/mol. The molecule has 0 fully saturated rings. The number of nitrogens with zero attached hydrogens (tertiary/aromatic N) is 3. The van der Waals surface area contributed by atoms with Crippen LogP contribution in [0.5, 0.6) is 0 Å². The van der Waals surface area contributed by atoms with Crippen LogP contribution in [0.15, 0.2) is 35.5 Å². The second-order valence-electron chi connectivity index (χ2n) is 3.84. The molecule has 6 nitrogen and oxygen atoms in total. The predicted octanol–water partition coefficient (Wildman–Crippen LogP) is 3.37. The molecule has 0 atom stereocenters. The van der Waals surface area contributed by atoms with Gasteiger partial charge in [-0.2, -0.15) is 0 Å². The summed E-state index contributed by atoms with van der Waals surface area (Å²) in [6, 6.07) is 7.97. The van der Waals surface area contributed by atoms with Crippen molar-refractivity contribution in [2.75, 3.05) is 11.6 Å². The highest BCUT2D eigenvalue weighted by molar-refractivity contribution is 7.98. The van der Waals surface area contributed by atoms with E-state index in [1.54, 1.807) is 18.2 Å². The first-order valence-corrected chi connectivity index (χ1v) is 7.24. The van der Waals surface area contributed by atoms with E-state index >= 15 is 0 Å². The number of thioether (sulfide) groups is 1. The summed E-state index contributed by atoms with van der Waals surface area (Å²) in [5.41, 5.74) is 0.986. The number of anilines is 1. The van der Waals surface area contributed by atoms with Crippen molar-refractivity contribution in [3.8, 4) is 0 Å². The van der Waals surface area contributed by atoms with Gasteiger partial charge in [0.15, 0.2) is 5.16 Å². The van der Waals surface area contributed by atoms with Gasteiger partial charge in [-0.05, 0) is 11.8 Å². The number of benzene rings is 1. The Kier molecular flexibility index (Phi) is 4.75. The quantitative estimate of drug-likeness (QED) is 0.300. The van der Waals surface area contributed by atoms with Gasteiger partial charge in [0.05, 0.1) is 4.92 Å². The maximum Gasteiger partial charge on any atom is 0.269 e. The molecule has 0 amide bonds. The molecule has 0 unspecified atom stereocenters. The molecule has 0 saturated carbocycles. The second kappa shape index (κ2) is 6.53. The number of rotatable bonds is 5. The van der Waals surface area contributed by atoms with Crippen molar-refractivity contribution in [1.29, 1.82) is 0 Å². The Labute approximate surface area is 124 Å². The minimum atomic E-state index is -0.424. The van der Waals surface area contributed by atoms with E-state index in [2.05, 4.69) is 15.3 Å². The summed E-state index contributed by atoms with van der Waals surface area (Å²) in [6.07, 6.45) is 1.87. The molecule has 1 N–H and O–H groups in total. The van der Waals surface area contributed by atoms with Gasteiger partial charge in [0.25, 0.3) is 5.69 Å². The lowest BCUT2D eigenvalue weighted by atomic mass is 10.2. The summed E-state index contributed by atoms with van der Waals surface area (Å²) >= 11 is 7.29. The lowest BCUT2D eigenvalue weighted by Crippen LogP contribution is -2.03. The van der Waals surface area contributed by atoms with Crippen LogP contribution in [0, 0.1) is 10.1 Å². The molecule has 0 bridgehead atoms. The molecule has 1 aromatic carbocycles. The van der Waals surface area contributed by atoms with E-state index in [4.69, 9.17) is 11.6 Å². The Morgan fingerprint density at radius 3 is 2.65 bits per heavy atom. The summed E-state index contributed by atoms with van der Waals surface area (Å²) in [7, 11) is 0. The molecule has 0 aliphatic rings. The van der Waals surface area contributed by atoms with Crippen LogP contribution in [-0.4, -0.2) is 21.1 Å². The molecule has 0 aliphatic carbocycles. The third-order valence-electron chi connectivity index (χ3n) is 2.48. The van der Waals surface area contributed by atoms with Gasteiger partial charge in [-0.25, -0.2) is 9.97 Å². The van der Waals surface area contributed by atoms with Gasteiger partial charge >= 0.3 is 0 Å². The van der Waals surface area contributed by atoms with Crippen LogP contribution < -0.4 is 5.32 Å². The fourth-order valence-electron chi connectivity index (χ4n) is 1.51. The maximum absolute atomic E-state index is 10.6. The minimum Gasteiger partial charge on any atom is -0.366 e. The Morgan fingerprint density at radius 1 is 1.35 bits per heavy atom.